The predicted octanol–water partition coefficient (Wildman–Crippen LogP) is 14.2. The second-order valence-electron chi connectivity index (χ2n) is 14.2. The highest BCUT2D eigenvalue weighted by atomic mass is 15.1. The summed E-state index contributed by atoms with van der Waals surface area (Å²) in [4.78, 5) is 2.46. The van der Waals surface area contributed by atoms with E-state index in [-0.39, 0.29) is 0 Å². The van der Waals surface area contributed by atoms with Crippen LogP contribution >= 0.6 is 0 Å². The van der Waals surface area contributed by atoms with Gasteiger partial charge in [0.1, 0.15) is 0 Å². The minimum atomic E-state index is 1.09. The van der Waals surface area contributed by atoms with Crippen molar-refractivity contribution in [2.75, 3.05) is 4.90 Å². The summed E-state index contributed by atoms with van der Waals surface area (Å²) in [6.45, 7) is 0. The monoisotopic (exact) mass is 701 g/mol. The highest BCUT2D eigenvalue weighted by Crippen LogP contribution is 2.45. The molecule has 0 unspecified atom stereocenters. The molecule has 0 saturated heterocycles. The molecule has 0 saturated carbocycles. The van der Waals surface area contributed by atoms with Crippen LogP contribution in [0, 0.1) is 0 Å². The van der Waals surface area contributed by atoms with E-state index in [0.717, 1.165) is 28.4 Å². The van der Waals surface area contributed by atoms with Crippen LogP contribution in [-0.4, -0.2) is 9.13 Å². The third-order valence-corrected chi connectivity index (χ3v) is 11.0. The molecule has 0 aliphatic heterocycles. The summed E-state index contributed by atoms with van der Waals surface area (Å²) in [6, 6.07) is 77.1. The number of nitrogens with zero attached hydrogens (tertiary/aromatic N) is 3. The van der Waals surface area contributed by atoms with E-state index in [9.17, 15) is 0 Å². The number of hydrogen-bond donors (Lipinski definition) is 0. The van der Waals surface area contributed by atoms with Crippen LogP contribution in [0.4, 0.5) is 17.1 Å². The van der Waals surface area contributed by atoms with Crippen LogP contribution in [-0.2, 0) is 0 Å². The summed E-state index contributed by atoms with van der Waals surface area (Å²) in [5.41, 5.74) is 12.7. The average molecular weight is 702 g/mol. The molecule has 2 heterocycles. The molecule has 11 aromatic rings. The molecule has 3 heteroatoms. The maximum absolute atomic E-state index is 2.46. The number of rotatable bonds is 6. The molecular formula is C52H35N3. The quantitative estimate of drug-likeness (QED) is 0.168. The molecule has 0 aliphatic rings. The Morgan fingerprint density at radius 2 is 0.800 bits per heavy atom. The Morgan fingerprint density at radius 3 is 1.49 bits per heavy atom. The van der Waals surface area contributed by atoms with Crippen molar-refractivity contribution >= 4 is 71.4 Å². The minimum absolute atomic E-state index is 1.09. The van der Waals surface area contributed by atoms with Crippen LogP contribution < -0.4 is 4.90 Å². The van der Waals surface area contributed by atoms with Gasteiger partial charge in [-0.3, -0.25) is 0 Å². The van der Waals surface area contributed by atoms with Crippen LogP contribution in [0.15, 0.2) is 212 Å². The minimum Gasteiger partial charge on any atom is -0.310 e. The zero-order valence-corrected chi connectivity index (χ0v) is 30.0. The molecule has 3 nitrogen and oxygen atoms in total. The molecule has 0 aliphatic carbocycles. The first-order valence-electron chi connectivity index (χ1n) is 18.9. The van der Waals surface area contributed by atoms with Gasteiger partial charge in [0.15, 0.2) is 0 Å². The van der Waals surface area contributed by atoms with Crippen molar-refractivity contribution in [3.63, 3.8) is 0 Å². The molecule has 0 radical (unpaired) electrons. The third kappa shape index (κ3) is 5.05. The van der Waals surface area contributed by atoms with Crippen LogP contribution in [0.5, 0.6) is 0 Å². The topological polar surface area (TPSA) is 13.1 Å². The fourth-order valence-electron chi connectivity index (χ4n) is 8.63. The molecule has 0 bridgehead atoms. The molecule has 0 amide bonds. The van der Waals surface area contributed by atoms with Gasteiger partial charge in [-0.05, 0) is 89.3 Å². The number of fused-ring (bicyclic) bond motifs is 7. The summed E-state index contributed by atoms with van der Waals surface area (Å²) in [6.07, 6.45) is 0. The third-order valence-electron chi connectivity index (χ3n) is 11.0. The summed E-state index contributed by atoms with van der Waals surface area (Å²) < 4.78 is 4.81. The maximum Gasteiger partial charge on any atom is 0.0560 e. The zero-order chi connectivity index (χ0) is 36.3. The number of aromatic nitrogens is 2. The Balaban J connectivity index is 1.21. The Hall–Kier alpha value is -7.36. The standard InChI is InChI=1S/C52H35N3/c1-3-16-36(17-4-1)37-19-15-22-40(32-37)53(41-30-31-51-47(34-41)46-26-11-14-29-50(46)54(51)39-20-5-2-6-21-39)52-35-42(33-38-18-7-8-23-43(38)52)55-48-27-12-9-24-44(48)45-25-10-13-28-49(45)55/h1-35H. The van der Waals surface area contributed by atoms with E-state index >= 15 is 0 Å². The fourth-order valence-corrected chi connectivity index (χ4v) is 8.63. The number of anilines is 3. The van der Waals surface area contributed by atoms with Crippen molar-refractivity contribution in [3.05, 3.63) is 212 Å². The van der Waals surface area contributed by atoms with E-state index in [0.29, 0.717) is 0 Å². The van der Waals surface area contributed by atoms with E-state index in [1.165, 1.54) is 65.5 Å². The van der Waals surface area contributed by atoms with Gasteiger partial charge in [-0.15, -0.1) is 0 Å². The largest absolute Gasteiger partial charge is 0.310 e. The lowest BCUT2D eigenvalue weighted by atomic mass is 10.0. The van der Waals surface area contributed by atoms with E-state index in [1.54, 1.807) is 0 Å². The van der Waals surface area contributed by atoms with E-state index in [2.05, 4.69) is 226 Å². The first-order valence-corrected chi connectivity index (χ1v) is 18.9. The van der Waals surface area contributed by atoms with Crippen molar-refractivity contribution < 1.29 is 0 Å². The molecule has 11 rings (SSSR count). The van der Waals surface area contributed by atoms with Gasteiger partial charge in [-0.2, -0.15) is 0 Å². The normalized spacial score (nSPS) is 11.6. The molecule has 0 atom stereocenters. The lowest BCUT2D eigenvalue weighted by molar-refractivity contribution is 1.17. The van der Waals surface area contributed by atoms with Crippen LogP contribution in [0.3, 0.4) is 0 Å². The zero-order valence-electron chi connectivity index (χ0n) is 30.0. The van der Waals surface area contributed by atoms with Gasteiger partial charge in [0, 0.05) is 49.7 Å². The molecule has 258 valence electrons. The average Bonchev–Trinajstić information content (AvgIpc) is 3.77. The van der Waals surface area contributed by atoms with E-state index in [4.69, 9.17) is 0 Å². The van der Waals surface area contributed by atoms with Crippen LogP contribution in [0.25, 0.3) is 76.9 Å². The number of para-hydroxylation sites is 4. The molecule has 0 spiro atoms. The Labute approximate surface area is 319 Å². The van der Waals surface area contributed by atoms with Crippen molar-refractivity contribution in [1.82, 2.24) is 9.13 Å². The van der Waals surface area contributed by atoms with E-state index < -0.39 is 0 Å². The first-order chi connectivity index (χ1) is 27.3. The molecule has 55 heavy (non-hydrogen) atoms. The van der Waals surface area contributed by atoms with Crippen molar-refractivity contribution in [1.29, 1.82) is 0 Å². The lowest BCUT2D eigenvalue weighted by Crippen LogP contribution is -2.11. The van der Waals surface area contributed by atoms with Crippen molar-refractivity contribution in [2.24, 2.45) is 0 Å². The van der Waals surface area contributed by atoms with Crippen molar-refractivity contribution in [2.45, 2.75) is 0 Å². The van der Waals surface area contributed by atoms with Gasteiger partial charge >= 0.3 is 0 Å². The van der Waals surface area contributed by atoms with Crippen LogP contribution in [0.2, 0.25) is 0 Å². The smallest absolute Gasteiger partial charge is 0.0560 e. The van der Waals surface area contributed by atoms with Crippen LogP contribution in [0.1, 0.15) is 0 Å². The first kappa shape index (κ1) is 31.2. The van der Waals surface area contributed by atoms with Gasteiger partial charge in [-0.25, -0.2) is 0 Å². The van der Waals surface area contributed by atoms with Gasteiger partial charge in [-0.1, -0.05) is 140 Å². The summed E-state index contributed by atoms with van der Waals surface area (Å²) in [7, 11) is 0. The van der Waals surface area contributed by atoms with Gasteiger partial charge in [0.2, 0.25) is 0 Å². The summed E-state index contributed by atoms with van der Waals surface area (Å²) in [5, 5.41) is 7.31. The second kappa shape index (κ2) is 12.6. The number of benzene rings is 9. The number of hydrogen-bond acceptors (Lipinski definition) is 1. The highest BCUT2D eigenvalue weighted by Gasteiger charge is 2.21. The SMILES string of the molecule is c1ccc(-c2cccc(N(c3ccc4c(c3)c3ccccc3n4-c3ccccc3)c3cc(-n4c5ccccc5c5ccccc54)cc4ccccc34)c2)cc1. The second-order valence-corrected chi connectivity index (χ2v) is 14.2. The van der Waals surface area contributed by atoms with Gasteiger partial charge < -0.3 is 14.0 Å². The summed E-state index contributed by atoms with van der Waals surface area (Å²) >= 11 is 0. The Kier molecular flexibility index (Phi) is 7.17. The Morgan fingerprint density at radius 1 is 0.291 bits per heavy atom. The van der Waals surface area contributed by atoms with Crippen molar-refractivity contribution in [3.8, 4) is 22.5 Å². The van der Waals surface area contributed by atoms with Gasteiger partial charge in [0.25, 0.3) is 0 Å². The fraction of sp³-hybridized carbons (Fsp3) is 0. The maximum atomic E-state index is 2.46. The molecular weight excluding hydrogens is 667 g/mol. The predicted molar refractivity (Wildman–Crippen MR) is 233 cm³/mol. The lowest BCUT2D eigenvalue weighted by Gasteiger charge is -2.28. The molecule has 0 N–H and O–H groups in total. The highest BCUT2D eigenvalue weighted by molar-refractivity contribution is 6.12. The molecule has 0 fully saturated rings. The van der Waals surface area contributed by atoms with Gasteiger partial charge in [0.05, 0.1) is 27.8 Å². The van der Waals surface area contributed by atoms with E-state index in [1.807, 2.05) is 0 Å². The summed E-state index contributed by atoms with van der Waals surface area (Å²) in [5.74, 6) is 0. The molecule has 9 aromatic carbocycles. The molecule has 2 aromatic heterocycles. The Bertz CT molecular complexity index is 3150.